The van der Waals surface area contributed by atoms with E-state index >= 15 is 0 Å². The third-order valence-corrected chi connectivity index (χ3v) is 5.82. The molecule has 10 heteroatoms. The third-order valence-electron chi connectivity index (χ3n) is 4.51. The topological polar surface area (TPSA) is 120 Å². The number of halogens is 1. The van der Waals surface area contributed by atoms with Gasteiger partial charge in [0.25, 0.3) is 5.91 Å². The molecule has 1 aromatic heterocycles. The summed E-state index contributed by atoms with van der Waals surface area (Å²) in [5, 5.41) is 25.6. The first-order valence-corrected chi connectivity index (χ1v) is 9.78. The number of anilines is 1. The van der Waals surface area contributed by atoms with Crippen molar-refractivity contribution in [2.75, 3.05) is 5.23 Å². The third kappa shape index (κ3) is 3.49. The van der Waals surface area contributed by atoms with Gasteiger partial charge in [-0.2, -0.15) is 9.78 Å². The molecule has 4 rings (SSSR count). The summed E-state index contributed by atoms with van der Waals surface area (Å²) < 4.78 is 1.20. The number of rotatable bonds is 3. The molecule has 0 saturated carbocycles. The number of para-hydroxylation sites is 1. The van der Waals surface area contributed by atoms with Crippen molar-refractivity contribution in [1.82, 2.24) is 9.78 Å². The Morgan fingerprint density at radius 2 is 1.97 bits per heavy atom. The highest BCUT2D eigenvalue weighted by Crippen LogP contribution is 2.48. The minimum Gasteiger partial charge on any atom is -0.733 e. The van der Waals surface area contributed by atoms with Crippen LogP contribution in [0.2, 0.25) is 5.02 Å². The molecule has 148 valence electrons. The van der Waals surface area contributed by atoms with E-state index in [1.165, 1.54) is 22.5 Å². The molecule has 1 atom stereocenters. The SMILES string of the molecule is Cc1nn(C(=O)c2ccc(Cl)cc2)c2c1C(c1ccccc1N([O-])O)SC(N)=N2. The Morgan fingerprint density at radius 3 is 2.66 bits per heavy atom. The van der Waals surface area contributed by atoms with Crippen molar-refractivity contribution >= 4 is 45.9 Å². The largest absolute Gasteiger partial charge is 0.733 e. The second-order valence-electron chi connectivity index (χ2n) is 6.33. The molecule has 2 heterocycles. The van der Waals surface area contributed by atoms with Gasteiger partial charge >= 0.3 is 0 Å². The van der Waals surface area contributed by atoms with Gasteiger partial charge in [-0.05, 0) is 42.8 Å². The van der Waals surface area contributed by atoms with Gasteiger partial charge in [0, 0.05) is 16.1 Å². The number of carbonyl (C=O) groups excluding carboxylic acids is 1. The minimum atomic E-state index is -0.464. The average Bonchev–Trinajstić information content (AvgIpc) is 3.03. The van der Waals surface area contributed by atoms with Gasteiger partial charge in [0.2, 0.25) is 0 Å². The molecule has 29 heavy (non-hydrogen) atoms. The summed E-state index contributed by atoms with van der Waals surface area (Å²) >= 11 is 7.12. The summed E-state index contributed by atoms with van der Waals surface area (Å²) in [6.07, 6.45) is 0. The lowest BCUT2D eigenvalue weighted by Gasteiger charge is -2.29. The number of hydrogen-bond acceptors (Lipinski definition) is 8. The molecule has 0 fully saturated rings. The van der Waals surface area contributed by atoms with E-state index in [0.717, 1.165) is 0 Å². The van der Waals surface area contributed by atoms with Crippen LogP contribution >= 0.6 is 23.4 Å². The van der Waals surface area contributed by atoms with Crippen molar-refractivity contribution in [2.45, 2.75) is 12.2 Å². The van der Waals surface area contributed by atoms with Crippen LogP contribution in [0.3, 0.4) is 0 Å². The molecule has 1 unspecified atom stereocenters. The molecule has 0 aliphatic carbocycles. The lowest BCUT2D eigenvalue weighted by atomic mass is 10.0. The standard InChI is InChI=1S/C19H15ClN5O3S/c1-10-15-16(13-4-2-3-5-14(13)25(27)28)29-19(21)22-17(15)24(23-10)18(26)11-6-8-12(20)9-7-11/h2-9,16,27H,1H3,(H2,21,22)/q-1. The maximum atomic E-state index is 13.0. The predicted octanol–water partition coefficient (Wildman–Crippen LogP) is 4.01. The molecule has 3 aromatic rings. The van der Waals surface area contributed by atoms with E-state index in [2.05, 4.69) is 10.1 Å². The van der Waals surface area contributed by atoms with Gasteiger partial charge in [0.1, 0.15) is 0 Å². The van der Waals surface area contributed by atoms with Crippen LogP contribution in [0.25, 0.3) is 0 Å². The number of benzene rings is 2. The molecule has 0 amide bonds. The van der Waals surface area contributed by atoms with Crippen molar-refractivity contribution in [1.29, 1.82) is 0 Å². The number of aliphatic imine (C=N–C) groups is 1. The van der Waals surface area contributed by atoms with Crippen molar-refractivity contribution in [3.63, 3.8) is 0 Å². The second-order valence-corrected chi connectivity index (χ2v) is 7.89. The van der Waals surface area contributed by atoms with Crippen LogP contribution in [-0.4, -0.2) is 26.1 Å². The molecule has 0 radical (unpaired) electrons. The molecule has 2 aromatic carbocycles. The van der Waals surface area contributed by atoms with E-state index in [9.17, 15) is 15.2 Å². The number of carbonyl (C=O) groups is 1. The van der Waals surface area contributed by atoms with Crippen molar-refractivity contribution in [3.8, 4) is 0 Å². The zero-order valence-electron chi connectivity index (χ0n) is 15.1. The normalized spacial score (nSPS) is 15.6. The number of aromatic nitrogens is 2. The lowest BCUT2D eigenvalue weighted by Crippen LogP contribution is -2.19. The van der Waals surface area contributed by atoms with E-state index in [4.69, 9.17) is 17.3 Å². The van der Waals surface area contributed by atoms with Crippen LogP contribution in [0.4, 0.5) is 11.5 Å². The van der Waals surface area contributed by atoms with Crippen LogP contribution in [0.1, 0.15) is 32.4 Å². The maximum Gasteiger partial charge on any atom is 0.280 e. The van der Waals surface area contributed by atoms with Gasteiger partial charge in [-0.25, -0.2) is 4.99 Å². The number of aryl methyl sites for hydroxylation is 1. The summed E-state index contributed by atoms with van der Waals surface area (Å²) in [7, 11) is 0. The fraction of sp³-hybridized carbons (Fsp3) is 0.105. The fourth-order valence-corrected chi connectivity index (χ4v) is 4.44. The van der Waals surface area contributed by atoms with E-state index in [1.807, 2.05) is 0 Å². The smallest absolute Gasteiger partial charge is 0.280 e. The minimum absolute atomic E-state index is 0.0850. The summed E-state index contributed by atoms with van der Waals surface area (Å²) in [5.74, 6) is -0.0806. The average molecular weight is 429 g/mol. The Balaban J connectivity index is 1.85. The summed E-state index contributed by atoms with van der Waals surface area (Å²) in [4.78, 5) is 17.3. The number of amidine groups is 1. The first-order chi connectivity index (χ1) is 13.9. The molecule has 1 aliphatic heterocycles. The number of hydrogen-bond donors (Lipinski definition) is 2. The zero-order valence-corrected chi connectivity index (χ0v) is 16.7. The van der Waals surface area contributed by atoms with Crippen LogP contribution < -0.4 is 11.0 Å². The van der Waals surface area contributed by atoms with E-state index in [1.54, 1.807) is 49.4 Å². The molecule has 0 bridgehead atoms. The quantitative estimate of drug-likeness (QED) is 0.604. The van der Waals surface area contributed by atoms with Gasteiger partial charge in [0.15, 0.2) is 11.0 Å². The summed E-state index contributed by atoms with van der Waals surface area (Å²) in [6, 6.07) is 13.1. The van der Waals surface area contributed by atoms with Gasteiger partial charge in [-0.3, -0.25) is 10.0 Å². The Bertz CT molecular complexity index is 1130. The van der Waals surface area contributed by atoms with Gasteiger partial charge < -0.3 is 16.2 Å². The van der Waals surface area contributed by atoms with Crippen LogP contribution in [0, 0.1) is 12.1 Å². The highest BCUT2D eigenvalue weighted by molar-refractivity contribution is 8.14. The van der Waals surface area contributed by atoms with Gasteiger partial charge in [0.05, 0.1) is 16.6 Å². The first-order valence-electron chi connectivity index (χ1n) is 8.52. The molecular weight excluding hydrogens is 414 g/mol. The van der Waals surface area contributed by atoms with Crippen molar-refractivity contribution in [2.24, 2.45) is 10.7 Å². The van der Waals surface area contributed by atoms with Crippen LogP contribution in [-0.2, 0) is 0 Å². The highest BCUT2D eigenvalue weighted by atomic mass is 35.5. The van der Waals surface area contributed by atoms with Crippen LogP contribution in [0.5, 0.6) is 0 Å². The Labute approximate surface area is 175 Å². The Kier molecular flexibility index (Phi) is 5.05. The first kappa shape index (κ1) is 19.5. The highest BCUT2D eigenvalue weighted by Gasteiger charge is 2.33. The number of nitrogens with two attached hydrogens (primary N) is 1. The fourth-order valence-electron chi connectivity index (χ4n) is 3.21. The van der Waals surface area contributed by atoms with Crippen LogP contribution in [0.15, 0.2) is 53.5 Å². The van der Waals surface area contributed by atoms with E-state index < -0.39 is 5.25 Å². The van der Waals surface area contributed by atoms with E-state index in [0.29, 0.717) is 33.2 Å². The molecule has 3 N–H and O–H groups in total. The molecule has 1 aliphatic rings. The Morgan fingerprint density at radius 1 is 1.28 bits per heavy atom. The maximum absolute atomic E-state index is 13.0. The Hall–Kier alpha value is -2.85. The van der Waals surface area contributed by atoms with Gasteiger partial charge in [-0.1, -0.05) is 41.6 Å². The van der Waals surface area contributed by atoms with Crippen molar-refractivity contribution in [3.05, 3.63) is 81.1 Å². The summed E-state index contributed by atoms with van der Waals surface area (Å²) in [5.41, 5.74) is 8.27. The number of thioether (sulfide) groups is 1. The number of fused-ring (bicyclic) bond motifs is 1. The number of nitrogens with zero attached hydrogens (tertiary/aromatic N) is 4. The van der Waals surface area contributed by atoms with E-state index in [-0.39, 0.29) is 22.0 Å². The summed E-state index contributed by atoms with van der Waals surface area (Å²) in [6.45, 7) is 1.76. The monoisotopic (exact) mass is 428 g/mol. The molecular formula is C19H15ClN5O3S-. The zero-order chi connectivity index (χ0) is 20.7. The van der Waals surface area contributed by atoms with Crippen molar-refractivity contribution < 1.29 is 10.0 Å². The molecule has 8 nitrogen and oxygen atoms in total. The molecule has 0 saturated heterocycles. The predicted molar refractivity (Wildman–Crippen MR) is 113 cm³/mol. The molecule has 0 spiro atoms. The lowest BCUT2D eigenvalue weighted by molar-refractivity contribution is 0.0947. The second kappa shape index (κ2) is 7.53. The van der Waals surface area contributed by atoms with Gasteiger partial charge in [-0.15, -0.1) is 0 Å².